The number of hydrogen-bond acceptors (Lipinski definition) is 7. The smallest absolute Gasteiger partial charge is 0.355 e. The Bertz CT molecular complexity index is 1110. The van der Waals surface area contributed by atoms with Crippen molar-refractivity contribution in [3.8, 4) is 0 Å². The Balaban J connectivity index is 1.46. The number of amides is 2. The van der Waals surface area contributed by atoms with Gasteiger partial charge in [-0.25, -0.2) is 4.79 Å². The minimum atomic E-state index is -1.79. The molecule has 0 saturated carbocycles. The molecular formula is C23H21Cl3N2O5S2. The summed E-state index contributed by atoms with van der Waals surface area (Å²) in [7, 11) is 0. The molecule has 0 spiro atoms. The number of carbonyl (C=O) groups excluding carboxylic acids is 3. The monoisotopic (exact) mass is 574 g/mol. The van der Waals surface area contributed by atoms with Crippen molar-refractivity contribution in [1.82, 2.24) is 10.2 Å². The summed E-state index contributed by atoms with van der Waals surface area (Å²) in [6.07, 6.45) is 0.186. The van der Waals surface area contributed by atoms with Crippen LogP contribution in [0.25, 0.3) is 0 Å². The first-order valence-corrected chi connectivity index (χ1v) is 13.6. The predicted molar refractivity (Wildman–Crippen MR) is 137 cm³/mol. The Labute approximate surface area is 225 Å². The van der Waals surface area contributed by atoms with Crippen molar-refractivity contribution in [1.29, 1.82) is 0 Å². The SMILES string of the molecule is O=C(Cc1cccs1)NC1C(=O)N2C(C(=O)OCC(Cl)(Cl)Cl)=C(COCc3ccccc3)CS[C@H]12. The van der Waals surface area contributed by atoms with Crippen LogP contribution < -0.4 is 5.32 Å². The van der Waals surface area contributed by atoms with E-state index < -0.39 is 33.7 Å². The lowest BCUT2D eigenvalue weighted by atomic mass is 10.0. The minimum Gasteiger partial charge on any atom is -0.456 e. The topological polar surface area (TPSA) is 84.9 Å². The van der Waals surface area contributed by atoms with Gasteiger partial charge in [0, 0.05) is 10.6 Å². The van der Waals surface area contributed by atoms with Gasteiger partial charge in [0.15, 0.2) is 0 Å². The van der Waals surface area contributed by atoms with E-state index in [9.17, 15) is 14.4 Å². The maximum absolute atomic E-state index is 13.0. The van der Waals surface area contributed by atoms with Crippen LogP contribution >= 0.6 is 57.9 Å². The van der Waals surface area contributed by atoms with Crippen LogP contribution in [-0.2, 0) is 36.9 Å². The van der Waals surface area contributed by atoms with Gasteiger partial charge in [-0.3, -0.25) is 14.5 Å². The summed E-state index contributed by atoms with van der Waals surface area (Å²) in [4.78, 5) is 40.7. The Hall–Kier alpha value is -1.75. The number of nitrogens with one attached hydrogen (secondary N) is 1. The van der Waals surface area contributed by atoms with Crippen molar-refractivity contribution in [2.75, 3.05) is 19.0 Å². The van der Waals surface area contributed by atoms with Gasteiger partial charge in [-0.1, -0.05) is 71.2 Å². The molecule has 12 heteroatoms. The lowest BCUT2D eigenvalue weighted by Gasteiger charge is -2.49. The Morgan fingerprint density at radius 3 is 2.57 bits per heavy atom. The highest BCUT2D eigenvalue weighted by molar-refractivity contribution is 8.00. The van der Waals surface area contributed by atoms with Gasteiger partial charge < -0.3 is 14.8 Å². The average Bonchev–Trinajstić information content (AvgIpc) is 3.33. The quantitative estimate of drug-likeness (QED) is 0.276. The molecule has 0 bridgehead atoms. The molecule has 1 unspecified atom stereocenters. The van der Waals surface area contributed by atoms with Gasteiger partial charge in [0.2, 0.25) is 9.70 Å². The van der Waals surface area contributed by atoms with E-state index in [1.54, 1.807) is 0 Å². The van der Waals surface area contributed by atoms with Crippen molar-refractivity contribution < 1.29 is 23.9 Å². The van der Waals surface area contributed by atoms with Crippen LogP contribution in [0.4, 0.5) is 0 Å². The molecule has 3 heterocycles. The zero-order valence-electron chi connectivity index (χ0n) is 18.2. The van der Waals surface area contributed by atoms with E-state index in [0.29, 0.717) is 17.9 Å². The number of ether oxygens (including phenoxy) is 2. The molecule has 1 aromatic heterocycles. The maximum Gasteiger partial charge on any atom is 0.355 e. The van der Waals surface area contributed by atoms with Gasteiger partial charge in [0.25, 0.3) is 5.91 Å². The highest BCUT2D eigenvalue weighted by atomic mass is 35.6. The molecule has 2 amide bonds. The van der Waals surface area contributed by atoms with Crippen LogP contribution in [0.2, 0.25) is 0 Å². The second-order valence-corrected chi connectivity index (χ2v) is 12.5. The molecule has 7 nitrogen and oxygen atoms in total. The van der Waals surface area contributed by atoms with Gasteiger partial charge in [0.1, 0.15) is 23.7 Å². The summed E-state index contributed by atoms with van der Waals surface area (Å²) < 4.78 is 9.21. The number of benzene rings is 1. The maximum atomic E-state index is 13.0. The van der Waals surface area contributed by atoms with Gasteiger partial charge in [-0.05, 0) is 22.6 Å². The van der Waals surface area contributed by atoms with Crippen molar-refractivity contribution in [3.05, 3.63) is 69.6 Å². The lowest BCUT2D eigenvalue weighted by Crippen LogP contribution is -2.70. The number of rotatable bonds is 9. The number of esters is 1. The summed E-state index contributed by atoms with van der Waals surface area (Å²) in [6, 6.07) is 12.6. The number of nitrogens with zero attached hydrogens (tertiary/aromatic N) is 1. The number of carbonyl (C=O) groups is 3. The predicted octanol–water partition coefficient (Wildman–Crippen LogP) is 4.07. The van der Waals surface area contributed by atoms with E-state index in [2.05, 4.69) is 5.32 Å². The van der Waals surface area contributed by atoms with E-state index in [1.165, 1.54) is 28.0 Å². The number of hydrogen-bond donors (Lipinski definition) is 1. The molecule has 2 atom stereocenters. The van der Waals surface area contributed by atoms with Crippen LogP contribution in [0.15, 0.2) is 59.1 Å². The third-order valence-corrected chi connectivity index (χ3v) is 7.77. The van der Waals surface area contributed by atoms with E-state index in [4.69, 9.17) is 44.3 Å². The number of β-lactam (4-membered cyclic amide) rings is 1. The Morgan fingerprint density at radius 1 is 1.11 bits per heavy atom. The summed E-state index contributed by atoms with van der Waals surface area (Å²) in [6.45, 7) is -0.0186. The minimum absolute atomic E-state index is 0.0739. The fourth-order valence-corrected chi connectivity index (χ4v) is 5.86. The van der Waals surface area contributed by atoms with Crippen LogP contribution in [-0.4, -0.2) is 56.9 Å². The number of halogens is 3. The molecule has 1 fully saturated rings. The summed E-state index contributed by atoms with van der Waals surface area (Å²) in [5, 5.41) is 4.23. The van der Waals surface area contributed by atoms with Gasteiger partial charge >= 0.3 is 5.97 Å². The summed E-state index contributed by atoms with van der Waals surface area (Å²) in [5.41, 5.74) is 1.64. The van der Waals surface area contributed by atoms with E-state index in [-0.39, 0.29) is 24.6 Å². The third kappa shape index (κ3) is 6.72. The molecule has 2 aliphatic heterocycles. The normalized spacial score (nSPS) is 19.7. The second-order valence-electron chi connectivity index (χ2n) is 7.83. The van der Waals surface area contributed by atoms with Crippen LogP contribution in [0.3, 0.4) is 0 Å². The molecule has 1 saturated heterocycles. The molecule has 35 heavy (non-hydrogen) atoms. The number of thiophene rings is 1. The number of fused-ring (bicyclic) bond motifs is 1. The van der Waals surface area contributed by atoms with Crippen molar-refractivity contribution >= 4 is 75.7 Å². The zero-order valence-corrected chi connectivity index (χ0v) is 22.1. The van der Waals surface area contributed by atoms with E-state index in [1.807, 2.05) is 47.8 Å². The molecule has 4 rings (SSSR count). The van der Waals surface area contributed by atoms with Crippen molar-refractivity contribution in [2.24, 2.45) is 0 Å². The van der Waals surface area contributed by atoms with Gasteiger partial charge in [-0.15, -0.1) is 23.1 Å². The molecule has 2 aliphatic rings. The van der Waals surface area contributed by atoms with Crippen LogP contribution in [0.1, 0.15) is 10.4 Å². The first-order chi connectivity index (χ1) is 16.7. The molecule has 186 valence electrons. The first-order valence-electron chi connectivity index (χ1n) is 10.6. The highest BCUT2D eigenvalue weighted by Gasteiger charge is 2.54. The standard InChI is InChI=1S/C23H21Cl3N2O5S2/c24-23(25,26)13-33-22(31)19-15(11-32-10-14-5-2-1-3-6-14)12-35-21-18(20(30)28(19)21)27-17(29)9-16-7-4-8-34-16/h1-8,18,21H,9-13H2,(H,27,29)/t18?,21-/m1/s1. The lowest BCUT2D eigenvalue weighted by molar-refractivity contribution is -0.153. The number of alkyl halides is 3. The summed E-state index contributed by atoms with van der Waals surface area (Å²) in [5.74, 6) is -1.02. The Kier molecular flexibility index (Phi) is 8.67. The highest BCUT2D eigenvalue weighted by Crippen LogP contribution is 2.41. The molecule has 1 aromatic carbocycles. The van der Waals surface area contributed by atoms with Crippen LogP contribution in [0, 0.1) is 0 Å². The van der Waals surface area contributed by atoms with Gasteiger partial charge in [-0.2, -0.15) is 0 Å². The molecule has 2 aromatic rings. The molecule has 0 aliphatic carbocycles. The average molecular weight is 576 g/mol. The van der Waals surface area contributed by atoms with Gasteiger partial charge in [0.05, 0.1) is 19.6 Å². The second kappa shape index (κ2) is 11.5. The largest absolute Gasteiger partial charge is 0.456 e. The fourth-order valence-electron chi connectivity index (χ4n) is 3.66. The van der Waals surface area contributed by atoms with E-state index in [0.717, 1.165) is 10.4 Å². The summed E-state index contributed by atoms with van der Waals surface area (Å²) >= 11 is 20.1. The molecule has 0 radical (unpaired) electrons. The number of thioether (sulfide) groups is 1. The molecule has 1 N–H and O–H groups in total. The van der Waals surface area contributed by atoms with Crippen LogP contribution in [0.5, 0.6) is 0 Å². The zero-order chi connectivity index (χ0) is 25.0. The third-order valence-electron chi connectivity index (χ3n) is 5.23. The van der Waals surface area contributed by atoms with Crippen molar-refractivity contribution in [3.63, 3.8) is 0 Å². The fraction of sp³-hybridized carbons (Fsp3) is 0.348. The first kappa shape index (κ1) is 26.3. The Morgan fingerprint density at radius 2 is 1.89 bits per heavy atom. The van der Waals surface area contributed by atoms with Crippen molar-refractivity contribution in [2.45, 2.75) is 28.2 Å². The van der Waals surface area contributed by atoms with E-state index >= 15 is 0 Å². The molecular weight excluding hydrogens is 555 g/mol.